The van der Waals surface area contributed by atoms with Crippen molar-refractivity contribution in [3.05, 3.63) is 54.1 Å². The Kier molecular flexibility index (Phi) is 8.45. The lowest BCUT2D eigenvalue weighted by molar-refractivity contribution is 0.0905. The van der Waals surface area contributed by atoms with E-state index in [1.165, 1.54) is 0 Å². The fraction of sp³-hybridized carbons (Fsp3) is 0.381. The van der Waals surface area contributed by atoms with E-state index < -0.39 is 0 Å². The van der Waals surface area contributed by atoms with E-state index in [0.717, 1.165) is 5.75 Å². The molecular weight excluding hydrogens is 346 g/mol. The van der Waals surface area contributed by atoms with Crippen LogP contribution in [0, 0.1) is 0 Å². The summed E-state index contributed by atoms with van der Waals surface area (Å²) in [6.45, 7) is 5.47. The molecule has 0 saturated heterocycles. The highest BCUT2D eigenvalue weighted by atomic mass is 16.5. The van der Waals surface area contributed by atoms with Crippen molar-refractivity contribution in [1.82, 2.24) is 5.32 Å². The average Bonchev–Trinajstić information content (AvgIpc) is 2.67. The maximum atomic E-state index is 12.3. The summed E-state index contributed by atoms with van der Waals surface area (Å²) >= 11 is 0. The number of amides is 1. The number of para-hydroxylation sites is 1. The zero-order chi connectivity index (χ0) is 19.5. The smallest absolute Gasteiger partial charge is 0.251 e. The lowest BCUT2D eigenvalue weighted by Gasteiger charge is -2.15. The van der Waals surface area contributed by atoms with Crippen LogP contribution >= 0.6 is 0 Å². The van der Waals surface area contributed by atoms with Gasteiger partial charge in [0.15, 0.2) is 11.5 Å². The molecule has 0 aliphatic carbocycles. The quantitative estimate of drug-likeness (QED) is 0.612. The van der Waals surface area contributed by atoms with Gasteiger partial charge < -0.3 is 24.3 Å². The van der Waals surface area contributed by atoms with Crippen LogP contribution in [0.3, 0.4) is 0 Å². The van der Waals surface area contributed by atoms with Gasteiger partial charge in [-0.2, -0.15) is 0 Å². The topological polar surface area (TPSA) is 66.0 Å². The van der Waals surface area contributed by atoms with E-state index >= 15 is 0 Å². The molecule has 0 aromatic heterocycles. The van der Waals surface area contributed by atoms with E-state index in [9.17, 15) is 4.79 Å². The third kappa shape index (κ3) is 6.83. The summed E-state index contributed by atoms with van der Waals surface area (Å²) in [7, 11) is 1.60. The molecule has 1 atom stereocenters. The third-order valence-electron chi connectivity index (χ3n) is 3.65. The number of carbonyl (C=O) groups is 1. The zero-order valence-corrected chi connectivity index (χ0v) is 16.1. The van der Waals surface area contributed by atoms with Gasteiger partial charge in [0.05, 0.1) is 13.2 Å². The highest BCUT2D eigenvalue weighted by molar-refractivity contribution is 5.95. The van der Waals surface area contributed by atoms with Crippen LogP contribution in [0.2, 0.25) is 0 Å². The summed E-state index contributed by atoms with van der Waals surface area (Å²) in [6.07, 6.45) is 0. The molecule has 0 aliphatic heterocycles. The molecule has 0 heterocycles. The maximum Gasteiger partial charge on any atom is 0.251 e. The fourth-order valence-corrected chi connectivity index (χ4v) is 2.46. The largest absolute Gasteiger partial charge is 0.490 e. The molecule has 1 unspecified atom stereocenters. The number of rotatable bonds is 11. The summed E-state index contributed by atoms with van der Waals surface area (Å²) in [5.41, 5.74) is 0.509. The first-order chi connectivity index (χ1) is 13.1. The molecule has 1 amide bonds. The number of ether oxygens (including phenoxy) is 4. The Labute approximate surface area is 160 Å². The van der Waals surface area contributed by atoms with Crippen molar-refractivity contribution in [3.8, 4) is 17.2 Å². The minimum Gasteiger partial charge on any atom is -0.490 e. The van der Waals surface area contributed by atoms with E-state index in [0.29, 0.717) is 43.5 Å². The Morgan fingerprint density at radius 1 is 1.00 bits per heavy atom. The fourth-order valence-electron chi connectivity index (χ4n) is 2.46. The monoisotopic (exact) mass is 373 g/mol. The third-order valence-corrected chi connectivity index (χ3v) is 3.65. The second-order valence-electron chi connectivity index (χ2n) is 5.93. The minimum absolute atomic E-state index is 0.0795. The highest BCUT2D eigenvalue weighted by Gasteiger charge is 2.13. The molecular formula is C21H27NO5. The van der Waals surface area contributed by atoms with E-state index in [1.54, 1.807) is 25.3 Å². The van der Waals surface area contributed by atoms with Gasteiger partial charge in [-0.1, -0.05) is 18.2 Å². The van der Waals surface area contributed by atoms with Crippen molar-refractivity contribution < 1.29 is 23.7 Å². The van der Waals surface area contributed by atoms with Crippen LogP contribution in [0.4, 0.5) is 0 Å². The second kappa shape index (κ2) is 11.1. The van der Waals surface area contributed by atoms with Crippen molar-refractivity contribution >= 4 is 5.91 Å². The Morgan fingerprint density at radius 3 is 2.44 bits per heavy atom. The van der Waals surface area contributed by atoms with E-state index in [2.05, 4.69) is 5.32 Å². The number of carbonyl (C=O) groups excluding carboxylic acids is 1. The van der Waals surface area contributed by atoms with Crippen molar-refractivity contribution in [2.24, 2.45) is 0 Å². The van der Waals surface area contributed by atoms with E-state index in [4.69, 9.17) is 18.9 Å². The SMILES string of the molecule is CCOc1cc(C(=O)NC(C)COC)ccc1OCCOc1ccccc1. The highest BCUT2D eigenvalue weighted by Crippen LogP contribution is 2.28. The van der Waals surface area contributed by atoms with Crippen LogP contribution in [0.25, 0.3) is 0 Å². The van der Waals surface area contributed by atoms with Gasteiger partial charge in [-0.15, -0.1) is 0 Å². The molecule has 6 nitrogen and oxygen atoms in total. The summed E-state index contributed by atoms with van der Waals surface area (Å²) in [5, 5.41) is 2.88. The summed E-state index contributed by atoms with van der Waals surface area (Å²) < 4.78 is 22.0. The maximum absolute atomic E-state index is 12.3. The van der Waals surface area contributed by atoms with Crippen molar-refractivity contribution in [3.63, 3.8) is 0 Å². The minimum atomic E-state index is -0.181. The number of methoxy groups -OCH3 is 1. The molecule has 0 aliphatic rings. The molecule has 27 heavy (non-hydrogen) atoms. The van der Waals surface area contributed by atoms with Gasteiger partial charge >= 0.3 is 0 Å². The Bertz CT molecular complexity index is 705. The Morgan fingerprint density at radius 2 is 1.74 bits per heavy atom. The van der Waals surface area contributed by atoms with Gasteiger partial charge in [-0.25, -0.2) is 0 Å². The molecule has 0 radical (unpaired) electrons. The second-order valence-corrected chi connectivity index (χ2v) is 5.93. The normalized spacial score (nSPS) is 11.5. The Balaban J connectivity index is 1.94. The first-order valence-electron chi connectivity index (χ1n) is 9.01. The molecule has 2 aromatic rings. The molecule has 6 heteroatoms. The van der Waals surface area contributed by atoms with E-state index in [1.807, 2.05) is 44.2 Å². The molecule has 0 saturated carbocycles. The van der Waals surface area contributed by atoms with Crippen molar-refractivity contribution in [2.75, 3.05) is 33.5 Å². The number of benzene rings is 2. The van der Waals surface area contributed by atoms with Crippen LogP contribution in [-0.2, 0) is 4.74 Å². The van der Waals surface area contributed by atoms with Crippen molar-refractivity contribution in [1.29, 1.82) is 0 Å². The molecule has 2 rings (SSSR count). The van der Waals surface area contributed by atoms with Gasteiger partial charge in [0, 0.05) is 18.7 Å². The zero-order valence-electron chi connectivity index (χ0n) is 16.1. The molecule has 146 valence electrons. The standard InChI is InChI=1S/C21H27NO5/c1-4-25-20-14-17(21(23)22-16(2)15-24-3)10-11-19(20)27-13-12-26-18-8-6-5-7-9-18/h5-11,14,16H,4,12-13,15H2,1-3H3,(H,22,23). The summed E-state index contributed by atoms with van der Waals surface area (Å²) in [6, 6.07) is 14.6. The van der Waals surface area contributed by atoms with Gasteiger partial charge in [0.2, 0.25) is 0 Å². The molecule has 2 aromatic carbocycles. The summed E-state index contributed by atoms with van der Waals surface area (Å²) in [5.74, 6) is 1.72. The molecule has 0 bridgehead atoms. The Hall–Kier alpha value is -2.73. The molecule has 0 fully saturated rings. The lowest BCUT2D eigenvalue weighted by Crippen LogP contribution is -2.35. The van der Waals surface area contributed by atoms with Crippen LogP contribution in [0.15, 0.2) is 48.5 Å². The van der Waals surface area contributed by atoms with Crippen LogP contribution < -0.4 is 19.5 Å². The van der Waals surface area contributed by atoms with Crippen LogP contribution in [0.1, 0.15) is 24.2 Å². The van der Waals surface area contributed by atoms with Gasteiger partial charge in [-0.05, 0) is 44.2 Å². The van der Waals surface area contributed by atoms with Crippen LogP contribution in [-0.4, -0.2) is 45.5 Å². The number of hydrogen-bond donors (Lipinski definition) is 1. The van der Waals surface area contributed by atoms with Crippen LogP contribution in [0.5, 0.6) is 17.2 Å². The van der Waals surface area contributed by atoms with Crippen molar-refractivity contribution in [2.45, 2.75) is 19.9 Å². The molecule has 0 spiro atoms. The molecule has 1 N–H and O–H groups in total. The summed E-state index contributed by atoms with van der Waals surface area (Å²) in [4.78, 5) is 12.3. The van der Waals surface area contributed by atoms with Gasteiger partial charge in [0.1, 0.15) is 19.0 Å². The van der Waals surface area contributed by atoms with Gasteiger partial charge in [0.25, 0.3) is 5.91 Å². The predicted molar refractivity (Wildman–Crippen MR) is 104 cm³/mol. The average molecular weight is 373 g/mol. The number of hydrogen-bond acceptors (Lipinski definition) is 5. The number of nitrogens with one attached hydrogen (secondary N) is 1. The predicted octanol–water partition coefficient (Wildman–Crippen LogP) is 3.31. The first-order valence-corrected chi connectivity index (χ1v) is 9.01. The van der Waals surface area contributed by atoms with E-state index in [-0.39, 0.29) is 11.9 Å². The van der Waals surface area contributed by atoms with Gasteiger partial charge in [-0.3, -0.25) is 4.79 Å². The first kappa shape index (κ1) is 20.6. The lowest BCUT2D eigenvalue weighted by atomic mass is 10.1.